The highest BCUT2D eigenvalue weighted by atomic mass is 16.2. The quantitative estimate of drug-likeness (QED) is 0.174. The Labute approximate surface area is 251 Å². The molecule has 3 atom stereocenters. The molecule has 4 N–H and O–H groups in total. The summed E-state index contributed by atoms with van der Waals surface area (Å²) in [7, 11) is 0. The van der Waals surface area contributed by atoms with Gasteiger partial charge in [0.25, 0.3) is 0 Å². The molecule has 10 nitrogen and oxygen atoms in total. The van der Waals surface area contributed by atoms with E-state index in [1.807, 2.05) is 57.1 Å². The summed E-state index contributed by atoms with van der Waals surface area (Å²) in [5.74, 6) is 1.63. The van der Waals surface area contributed by atoms with Gasteiger partial charge in [0.1, 0.15) is 17.7 Å². The van der Waals surface area contributed by atoms with E-state index in [1.54, 1.807) is 0 Å². The van der Waals surface area contributed by atoms with Crippen LogP contribution in [-0.4, -0.2) is 56.1 Å². The average Bonchev–Trinajstić information content (AvgIpc) is 3.79. The molecule has 0 saturated carbocycles. The van der Waals surface area contributed by atoms with Gasteiger partial charge in [-0.1, -0.05) is 76.2 Å². The van der Waals surface area contributed by atoms with Gasteiger partial charge < -0.3 is 25.5 Å². The van der Waals surface area contributed by atoms with Crippen LogP contribution in [-0.2, 0) is 14.4 Å². The Morgan fingerprint density at radius 1 is 0.814 bits per heavy atom. The fraction of sp³-hybridized carbons (Fsp3) is 0.364. The minimum absolute atomic E-state index is 0.00625. The summed E-state index contributed by atoms with van der Waals surface area (Å²) in [5, 5.41) is 5.52. The van der Waals surface area contributed by atoms with E-state index in [0.717, 1.165) is 58.1 Å². The Morgan fingerprint density at radius 3 is 1.93 bits per heavy atom. The molecule has 3 amide bonds. The number of rotatable bonds is 12. The number of hydrogen-bond donors (Lipinski definition) is 4. The van der Waals surface area contributed by atoms with Crippen molar-refractivity contribution in [3.05, 3.63) is 72.6 Å². The monoisotopic (exact) mass is 581 g/mol. The summed E-state index contributed by atoms with van der Waals surface area (Å²) < 4.78 is 0. The lowest BCUT2D eigenvalue weighted by molar-refractivity contribution is -0.137. The van der Waals surface area contributed by atoms with E-state index >= 15 is 0 Å². The number of imidazole rings is 2. The van der Waals surface area contributed by atoms with Crippen LogP contribution < -0.4 is 10.6 Å². The molecule has 0 bridgehead atoms. The Kier molecular flexibility index (Phi) is 9.04. The molecule has 4 aromatic rings. The molecular formula is C33H39N7O3. The molecule has 224 valence electrons. The van der Waals surface area contributed by atoms with E-state index in [9.17, 15) is 14.4 Å². The SMILES string of the molecule is CC(C)C(NC=O)c1nc(-c2ccc(-c3ccc(-c4c[nH]c([C@@H]5CCCN5C(=O)[C@@H](NC=O)C(C)C)n4)cc3)cc2)c[nH]1. The van der Waals surface area contributed by atoms with Crippen molar-refractivity contribution in [2.45, 2.75) is 58.7 Å². The molecule has 3 heterocycles. The number of aromatic nitrogens is 4. The molecule has 0 spiro atoms. The zero-order chi connectivity index (χ0) is 30.5. The second-order valence-corrected chi connectivity index (χ2v) is 11.7. The number of benzene rings is 2. The molecule has 1 aliphatic rings. The molecule has 1 fully saturated rings. The lowest BCUT2D eigenvalue weighted by Gasteiger charge is -2.29. The fourth-order valence-corrected chi connectivity index (χ4v) is 5.74. The van der Waals surface area contributed by atoms with E-state index in [4.69, 9.17) is 9.97 Å². The van der Waals surface area contributed by atoms with Gasteiger partial charge in [-0.25, -0.2) is 9.97 Å². The minimum Gasteiger partial charge on any atom is -0.348 e. The first-order valence-electron chi connectivity index (χ1n) is 14.8. The summed E-state index contributed by atoms with van der Waals surface area (Å²) in [6.45, 7) is 8.59. The van der Waals surface area contributed by atoms with Crippen LogP contribution in [0.25, 0.3) is 33.6 Å². The normalized spacial score (nSPS) is 16.3. The summed E-state index contributed by atoms with van der Waals surface area (Å²) in [5.41, 5.74) is 5.78. The molecule has 1 saturated heterocycles. The average molecular weight is 582 g/mol. The van der Waals surface area contributed by atoms with Crippen molar-refractivity contribution in [3.8, 4) is 33.6 Å². The number of amides is 3. The van der Waals surface area contributed by atoms with Gasteiger partial charge in [-0.3, -0.25) is 14.4 Å². The highest BCUT2D eigenvalue weighted by Gasteiger charge is 2.36. The molecule has 0 aliphatic carbocycles. The van der Waals surface area contributed by atoms with Gasteiger partial charge in [-0.15, -0.1) is 0 Å². The maximum Gasteiger partial charge on any atom is 0.246 e. The Hall–Kier alpha value is -4.73. The van der Waals surface area contributed by atoms with Crippen LogP contribution in [0, 0.1) is 11.8 Å². The van der Waals surface area contributed by atoms with Crippen LogP contribution in [0.3, 0.4) is 0 Å². The maximum atomic E-state index is 13.2. The first-order valence-corrected chi connectivity index (χ1v) is 14.8. The molecule has 1 aliphatic heterocycles. The number of nitrogens with zero attached hydrogens (tertiary/aromatic N) is 3. The van der Waals surface area contributed by atoms with Gasteiger partial charge in [0.05, 0.1) is 23.5 Å². The summed E-state index contributed by atoms with van der Waals surface area (Å²) in [6, 6.07) is 15.6. The summed E-state index contributed by atoms with van der Waals surface area (Å²) in [6.07, 6.45) is 6.78. The Balaban J connectivity index is 1.27. The fourth-order valence-electron chi connectivity index (χ4n) is 5.74. The highest BCUT2D eigenvalue weighted by molar-refractivity contribution is 5.84. The number of likely N-dealkylation sites (tertiary alicyclic amines) is 1. The highest BCUT2D eigenvalue weighted by Crippen LogP contribution is 2.33. The van der Waals surface area contributed by atoms with Crippen molar-refractivity contribution < 1.29 is 14.4 Å². The second-order valence-electron chi connectivity index (χ2n) is 11.7. The molecule has 43 heavy (non-hydrogen) atoms. The second kappa shape index (κ2) is 13.1. The van der Waals surface area contributed by atoms with Crippen molar-refractivity contribution in [3.63, 3.8) is 0 Å². The van der Waals surface area contributed by atoms with E-state index in [2.05, 4.69) is 57.0 Å². The van der Waals surface area contributed by atoms with E-state index in [0.29, 0.717) is 19.4 Å². The van der Waals surface area contributed by atoms with Gasteiger partial charge in [0.2, 0.25) is 18.7 Å². The van der Waals surface area contributed by atoms with Crippen LogP contribution in [0.1, 0.15) is 64.3 Å². The molecule has 5 rings (SSSR count). The zero-order valence-electron chi connectivity index (χ0n) is 25.0. The standard InChI is InChI=1S/C33H39N7O3/c1-20(2)29(36-18-41)32-35-17-27(39-32)25-13-9-23(10-14-25)22-7-11-24(12-8-22)26-16-34-31(38-26)28-6-5-15-40(28)33(43)30(21(3)4)37-19-42/h7-14,16-21,28-30H,5-6,15H2,1-4H3,(H,34,38)(H,35,39)(H,36,41)(H,37,42)/t28-,29?,30-/m0/s1. The largest absolute Gasteiger partial charge is 0.348 e. The number of nitrogens with one attached hydrogen (secondary N) is 4. The molecule has 2 aromatic heterocycles. The Bertz CT molecular complexity index is 1540. The number of carbonyl (C=O) groups excluding carboxylic acids is 3. The first kappa shape index (κ1) is 29.8. The third kappa shape index (κ3) is 6.38. The van der Waals surface area contributed by atoms with Gasteiger partial charge in [-0.2, -0.15) is 0 Å². The number of carbonyl (C=O) groups is 3. The van der Waals surface area contributed by atoms with E-state index in [1.165, 1.54) is 0 Å². The van der Waals surface area contributed by atoms with Crippen molar-refractivity contribution in [1.82, 2.24) is 35.5 Å². The first-order chi connectivity index (χ1) is 20.8. The van der Waals surface area contributed by atoms with Gasteiger partial charge in [-0.05, 0) is 35.8 Å². The van der Waals surface area contributed by atoms with Gasteiger partial charge in [0.15, 0.2) is 0 Å². The molecule has 1 unspecified atom stereocenters. The van der Waals surface area contributed by atoms with E-state index in [-0.39, 0.29) is 29.8 Å². The smallest absolute Gasteiger partial charge is 0.246 e. The zero-order valence-corrected chi connectivity index (χ0v) is 25.0. The van der Waals surface area contributed by atoms with Crippen LogP contribution >= 0.6 is 0 Å². The van der Waals surface area contributed by atoms with Crippen LogP contribution in [0.4, 0.5) is 0 Å². The van der Waals surface area contributed by atoms with Crippen molar-refractivity contribution in [2.75, 3.05) is 6.54 Å². The Morgan fingerprint density at radius 2 is 1.37 bits per heavy atom. The van der Waals surface area contributed by atoms with Crippen LogP contribution in [0.5, 0.6) is 0 Å². The number of hydrogen-bond acceptors (Lipinski definition) is 5. The maximum absolute atomic E-state index is 13.2. The van der Waals surface area contributed by atoms with Crippen molar-refractivity contribution in [2.24, 2.45) is 11.8 Å². The molecule has 2 aromatic carbocycles. The lowest BCUT2D eigenvalue weighted by Crippen LogP contribution is -2.48. The van der Waals surface area contributed by atoms with Crippen LogP contribution in [0.2, 0.25) is 0 Å². The summed E-state index contributed by atoms with van der Waals surface area (Å²) in [4.78, 5) is 53.2. The minimum atomic E-state index is -0.547. The van der Waals surface area contributed by atoms with Crippen LogP contribution in [0.15, 0.2) is 60.9 Å². The predicted molar refractivity (Wildman–Crippen MR) is 165 cm³/mol. The topological polar surface area (TPSA) is 136 Å². The predicted octanol–water partition coefficient (Wildman–Crippen LogP) is 5.01. The van der Waals surface area contributed by atoms with Crippen molar-refractivity contribution in [1.29, 1.82) is 0 Å². The third-order valence-electron chi connectivity index (χ3n) is 8.13. The number of aromatic amines is 2. The van der Waals surface area contributed by atoms with Gasteiger partial charge in [0, 0.05) is 30.1 Å². The van der Waals surface area contributed by atoms with Crippen molar-refractivity contribution >= 4 is 18.7 Å². The molecule has 0 radical (unpaired) electrons. The van der Waals surface area contributed by atoms with E-state index < -0.39 is 6.04 Å². The molecular weight excluding hydrogens is 542 g/mol. The number of H-pyrrole nitrogens is 2. The lowest BCUT2D eigenvalue weighted by atomic mass is 10.0. The van der Waals surface area contributed by atoms with Gasteiger partial charge >= 0.3 is 0 Å². The third-order valence-corrected chi connectivity index (χ3v) is 8.13. The summed E-state index contributed by atoms with van der Waals surface area (Å²) >= 11 is 0. The molecule has 10 heteroatoms.